The Hall–Kier alpha value is -2.16. The Morgan fingerprint density at radius 2 is 1.82 bits per heavy atom. The summed E-state index contributed by atoms with van der Waals surface area (Å²) >= 11 is 5.97. The molecule has 0 saturated heterocycles. The monoisotopic (exact) mass is 413 g/mol. The quantitative estimate of drug-likeness (QED) is 0.305. The van der Waals surface area contributed by atoms with Crippen molar-refractivity contribution in [2.45, 2.75) is 45.3 Å². The van der Waals surface area contributed by atoms with E-state index in [2.05, 4.69) is 10.6 Å². The zero-order chi connectivity index (χ0) is 21.5. The first-order chi connectivity index (χ1) is 13.0. The van der Waals surface area contributed by atoms with Crippen LogP contribution in [0.5, 0.6) is 0 Å². The molecule has 1 aromatic carbocycles. The number of hydrogen-bond donors (Lipinski definition) is 5. The van der Waals surface area contributed by atoms with Gasteiger partial charge in [0.2, 0.25) is 11.8 Å². The van der Waals surface area contributed by atoms with Gasteiger partial charge in [0.1, 0.15) is 6.04 Å². The van der Waals surface area contributed by atoms with Gasteiger partial charge in [-0.05, 0) is 30.0 Å². The van der Waals surface area contributed by atoms with Gasteiger partial charge in [-0.3, -0.25) is 19.6 Å². The van der Waals surface area contributed by atoms with Crippen LogP contribution < -0.4 is 16.1 Å². The highest BCUT2D eigenvalue weighted by molar-refractivity contribution is 6.30. The second kappa shape index (κ2) is 10.4. The van der Waals surface area contributed by atoms with Gasteiger partial charge in [0, 0.05) is 18.5 Å². The zero-order valence-corrected chi connectivity index (χ0v) is 17.2. The van der Waals surface area contributed by atoms with Crippen molar-refractivity contribution < 1.29 is 24.7 Å². The molecule has 8 nitrogen and oxygen atoms in total. The van der Waals surface area contributed by atoms with Crippen molar-refractivity contribution in [3.8, 4) is 0 Å². The lowest BCUT2D eigenvalue weighted by atomic mass is 9.80. The maximum Gasteiger partial charge on any atom is 0.253 e. The van der Waals surface area contributed by atoms with E-state index in [9.17, 15) is 19.5 Å². The van der Waals surface area contributed by atoms with E-state index >= 15 is 0 Å². The zero-order valence-electron chi connectivity index (χ0n) is 16.5. The third kappa shape index (κ3) is 6.19. The highest BCUT2D eigenvalue weighted by Crippen LogP contribution is 2.27. The van der Waals surface area contributed by atoms with Crippen molar-refractivity contribution >= 4 is 29.3 Å². The number of rotatable bonds is 9. The second-order valence-electron chi connectivity index (χ2n) is 7.19. The summed E-state index contributed by atoms with van der Waals surface area (Å²) < 4.78 is 0. The summed E-state index contributed by atoms with van der Waals surface area (Å²) in [6.07, 6.45) is 0.107. The van der Waals surface area contributed by atoms with E-state index in [-0.39, 0.29) is 18.8 Å². The molecule has 28 heavy (non-hydrogen) atoms. The number of aliphatic hydroxyl groups is 1. The number of carbonyl (C=O) groups excluding carboxylic acids is 3. The van der Waals surface area contributed by atoms with Crippen LogP contribution in [0.15, 0.2) is 24.3 Å². The van der Waals surface area contributed by atoms with Crippen molar-refractivity contribution in [1.82, 2.24) is 16.1 Å². The molecule has 9 heteroatoms. The number of nitrogens with one attached hydrogen (secondary N) is 3. The summed E-state index contributed by atoms with van der Waals surface area (Å²) in [6.45, 7) is 4.90. The SMILES string of the molecule is CNC(=O)C(Cc1cccc(Cl)c1)NC(=O)C(O)(CC(C)C)C(C)C(=O)NO. The highest BCUT2D eigenvalue weighted by Gasteiger charge is 2.46. The minimum absolute atomic E-state index is 0.0367. The number of hydrogen-bond acceptors (Lipinski definition) is 5. The minimum Gasteiger partial charge on any atom is -0.379 e. The molecule has 3 unspecified atom stereocenters. The number of likely N-dealkylation sites (N-methyl/N-ethyl adjacent to an activating group) is 1. The van der Waals surface area contributed by atoms with Crippen LogP contribution in [0, 0.1) is 11.8 Å². The molecule has 3 amide bonds. The normalized spacial score (nSPS) is 15.3. The number of hydroxylamine groups is 1. The highest BCUT2D eigenvalue weighted by atomic mass is 35.5. The average molecular weight is 414 g/mol. The van der Waals surface area contributed by atoms with Gasteiger partial charge in [0.05, 0.1) is 5.92 Å². The fourth-order valence-corrected chi connectivity index (χ4v) is 3.18. The molecule has 0 saturated carbocycles. The summed E-state index contributed by atoms with van der Waals surface area (Å²) in [7, 11) is 1.43. The fraction of sp³-hybridized carbons (Fsp3) is 0.526. The van der Waals surface area contributed by atoms with Crippen LogP contribution in [0.2, 0.25) is 5.02 Å². The van der Waals surface area contributed by atoms with E-state index in [1.165, 1.54) is 19.5 Å². The molecule has 0 aliphatic rings. The first-order valence-corrected chi connectivity index (χ1v) is 9.36. The first-order valence-electron chi connectivity index (χ1n) is 8.98. The standard InChI is InChI=1S/C19H28ClN3O5/c1-11(2)10-19(27,12(3)16(24)23-28)18(26)22-15(17(25)21-4)9-13-6-5-7-14(20)8-13/h5-8,11-12,15,27-28H,9-10H2,1-4H3,(H,21,25)(H,22,26)(H,23,24). The molecular formula is C19H28ClN3O5. The minimum atomic E-state index is -2.11. The molecule has 156 valence electrons. The predicted molar refractivity (Wildman–Crippen MR) is 105 cm³/mol. The maximum atomic E-state index is 12.9. The Bertz CT molecular complexity index is 713. The summed E-state index contributed by atoms with van der Waals surface area (Å²) in [6, 6.07) is 5.86. The molecule has 0 aliphatic heterocycles. The molecule has 0 bridgehead atoms. The smallest absolute Gasteiger partial charge is 0.253 e. The van der Waals surface area contributed by atoms with E-state index < -0.39 is 35.3 Å². The Morgan fingerprint density at radius 1 is 1.18 bits per heavy atom. The van der Waals surface area contributed by atoms with E-state index in [1.54, 1.807) is 38.1 Å². The Labute approximate surface area is 169 Å². The van der Waals surface area contributed by atoms with Gasteiger partial charge in [-0.15, -0.1) is 0 Å². The molecule has 0 heterocycles. The summed E-state index contributed by atoms with van der Waals surface area (Å²) in [5.41, 5.74) is 0.0670. The molecule has 0 fully saturated rings. The van der Waals surface area contributed by atoms with Crippen LogP contribution >= 0.6 is 11.6 Å². The van der Waals surface area contributed by atoms with E-state index in [0.29, 0.717) is 5.02 Å². The number of halogens is 1. The summed E-state index contributed by atoms with van der Waals surface area (Å²) in [5, 5.41) is 25.4. The lowest BCUT2D eigenvalue weighted by molar-refractivity contribution is -0.159. The van der Waals surface area contributed by atoms with E-state index in [4.69, 9.17) is 16.8 Å². The molecule has 5 N–H and O–H groups in total. The lowest BCUT2D eigenvalue weighted by Gasteiger charge is -2.34. The Kier molecular flexibility index (Phi) is 8.87. The molecule has 0 aromatic heterocycles. The summed E-state index contributed by atoms with van der Waals surface area (Å²) in [4.78, 5) is 37.1. The Morgan fingerprint density at radius 3 is 2.32 bits per heavy atom. The van der Waals surface area contributed by atoms with E-state index in [1.807, 2.05) is 0 Å². The van der Waals surface area contributed by atoms with Crippen LogP contribution in [0.25, 0.3) is 0 Å². The number of amides is 3. The fourth-order valence-electron chi connectivity index (χ4n) is 2.97. The lowest BCUT2D eigenvalue weighted by Crippen LogP contribution is -2.60. The molecule has 0 radical (unpaired) electrons. The predicted octanol–water partition coefficient (Wildman–Crippen LogP) is 1.03. The largest absolute Gasteiger partial charge is 0.379 e. The molecule has 1 aromatic rings. The van der Waals surface area contributed by atoms with Gasteiger partial charge >= 0.3 is 0 Å². The van der Waals surface area contributed by atoms with Gasteiger partial charge in [0.15, 0.2) is 5.60 Å². The van der Waals surface area contributed by atoms with E-state index in [0.717, 1.165) is 5.56 Å². The van der Waals surface area contributed by atoms with Crippen LogP contribution in [0.3, 0.4) is 0 Å². The molecule has 3 atom stereocenters. The molecule has 0 spiro atoms. The summed E-state index contributed by atoms with van der Waals surface area (Å²) in [5.74, 6) is -3.59. The molecular weight excluding hydrogens is 386 g/mol. The van der Waals surface area contributed by atoms with Crippen molar-refractivity contribution in [2.24, 2.45) is 11.8 Å². The van der Waals surface area contributed by atoms with Gasteiger partial charge in [-0.2, -0.15) is 0 Å². The van der Waals surface area contributed by atoms with Crippen LogP contribution in [0.4, 0.5) is 0 Å². The van der Waals surface area contributed by atoms with Crippen molar-refractivity contribution in [3.05, 3.63) is 34.9 Å². The second-order valence-corrected chi connectivity index (χ2v) is 7.63. The molecule has 0 aliphatic carbocycles. The number of benzene rings is 1. The molecule has 1 rings (SSSR count). The first kappa shape index (κ1) is 23.9. The maximum absolute atomic E-state index is 12.9. The van der Waals surface area contributed by atoms with Crippen LogP contribution in [-0.4, -0.2) is 46.7 Å². The van der Waals surface area contributed by atoms with Crippen molar-refractivity contribution in [3.63, 3.8) is 0 Å². The topological polar surface area (TPSA) is 128 Å². The van der Waals surface area contributed by atoms with Gasteiger partial charge in [-0.1, -0.05) is 44.5 Å². The van der Waals surface area contributed by atoms with Crippen molar-refractivity contribution in [2.75, 3.05) is 7.05 Å². The van der Waals surface area contributed by atoms with Crippen molar-refractivity contribution in [1.29, 1.82) is 0 Å². The number of carbonyl (C=O) groups is 3. The third-order valence-corrected chi connectivity index (χ3v) is 4.76. The van der Waals surface area contributed by atoms with Crippen LogP contribution in [-0.2, 0) is 20.8 Å². The van der Waals surface area contributed by atoms with Crippen LogP contribution in [0.1, 0.15) is 32.8 Å². The average Bonchev–Trinajstić information content (AvgIpc) is 2.64. The third-order valence-electron chi connectivity index (χ3n) is 4.53. The Balaban J connectivity index is 3.13. The van der Waals surface area contributed by atoms with Gasteiger partial charge < -0.3 is 15.7 Å². The van der Waals surface area contributed by atoms with Gasteiger partial charge in [-0.25, -0.2) is 5.48 Å². The van der Waals surface area contributed by atoms with Gasteiger partial charge in [0.25, 0.3) is 5.91 Å².